The number of aryl methyl sites for hydroxylation is 1. The smallest absolute Gasteiger partial charge is 0.251 e. The van der Waals surface area contributed by atoms with Crippen LogP contribution in [0.15, 0.2) is 40.3 Å². The van der Waals surface area contributed by atoms with Crippen LogP contribution < -0.4 is 5.56 Å². The minimum atomic E-state index is -0.663. The van der Waals surface area contributed by atoms with Crippen LogP contribution in [0.25, 0.3) is 0 Å². The van der Waals surface area contributed by atoms with Crippen molar-refractivity contribution in [2.45, 2.75) is 28.8 Å². The van der Waals surface area contributed by atoms with Crippen molar-refractivity contribution in [1.82, 2.24) is 9.97 Å². The van der Waals surface area contributed by atoms with Gasteiger partial charge in [0.25, 0.3) is 5.56 Å². The number of carbonyl (C=O) groups is 1. The Kier molecular flexibility index (Phi) is 4.54. The summed E-state index contributed by atoms with van der Waals surface area (Å²) in [6, 6.07) is 8.76. The highest BCUT2D eigenvalue weighted by Gasteiger charge is 2.52. The van der Waals surface area contributed by atoms with Gasteiger partial charge >= 0.3 is 0 Å². The van der Waals surface area contributed by atoms with Crippen LogP contribution >= 0.6 is 35.0 Å². The number of rotatable bonds is 5. The number of aromatic nitrogens is 2. The fourth-order valence-electron chi connectivity index (χ4n) is 2.31. The maximum Gasteiger partial charge on any atom is 0.251 e. The monoisotopic (exact) mass is 368 g/mol. The third kappa shape index (κ3) is 3.97. The second-order valence-corrected chi connectivity index (χ2v) is 8.05. The zero-order valence-corrected chi connectivity index (χ0v) is 14.6. The largest absolute Gasteiger partial charge is 0.301 e. The summed E-state index contributed by atoms with van der Waals surface area (Å²) in [5, 5.41) is 0.451. The van der Waals surface area contributed by atoms with Gasteiger partial charge in [-0.25, -0.2) is 4.98 Å². The number of alkyl halides is 2. The topological polar surface area (TPSA) is 62.8 Å². The number of aromatic amines is 1. The van der Waals surface area contributed by atoms with E-state index in [0.717, 1.165) is 12.0 Å². The van der Waals surface area contributed by atoms with Gasteiger partial charge in [0.2, 0.25) is 0 Å². The molecule has 23 heavy (non-hydrogen) atoms. The molecule has 7 heteroatoms. The van der Waals surface area contributed by atoms with Gasteiger partial charge in [-0.15, -0.1) is 23.2 Å². The molecule has 2 aromatic rings. The Morgan fingerprint density at radius 1 is 1.39 bits per heavy atom. The van der Waals surface area contributed by atoms with E-state index in [1.54, 1.807) is 19.1 Å². The molecule has 1 aliphatic carbocycles. The first-order chi connectivity index (χ1) is 10.8. The zero-order chi connectivity index (χ0) is 16.6. The van der Waals surface area contributed by atoms with Crippen LogP contribution in [0.5, 0.6) is 0 Å². The molecule has 1 N–H and O–H groups in total. The molecule has 0 aliphatic heterocycles. The molecule has 0 amide bonds. The maximum atomic E-state index is 12.2. The van der Waals surface area contributed by atoms with Crippen LogP contribution in [0.3, 0.4) is 0 Å². The van der Waals surface area contributed by atoms with Gasteiger partial charge in [0.05, 0.1) is 5.75 Å². The van der Waals surface area contributed by atoms with Crippen molar-refractivity contribution in [2.75, 3.05) is 5.75 Å². The summed E-state index contributed by atoms with van der Waals surface area (Å²) in [4.78, 5) is 30.4. The molecule has 0 bridgehead atoms. The first-order valence-corrected chi connectivity index (χ1v) is 8.81. The third-order valence-corrected chi connectivity index (χ3v) is 5.36. The first kappa shape index (κ1) is 16.6. The van der Waals surface area contributed by atoms with E-state index in [4.69, 9.17) is 23.2 Å². The Morgan fingerprint density at radius 2 is 2.04 bits per heavy atom. The van der Waals surface area contributed by atoms with E-state index in [2.05, 4.69) is 9.97 Å². The predicted molar refractivity (Wildman–Crippen MR) is 92.9 cm³/mol. The lowest BCUT2D eigenvalue weighted by atomic mass is 10.1. The molecule has 4 nitrogen and oxygen atoms in total. The number of hydrogen-bond donors (Lipinski definition) is 1. The fourth-order valence-corrected chi connectivity index (χ4v) is 3.69. The summed E-state index contributed by atoms with van der Waals surface area (Å²) in [5.41, 5.74) is 2.07. The highest BCUT2D eigenvalue weighted by atomic mass is 35.5. The van der Waals surface area contributed by atoms with E-state index < -0.39 is 4.33 Å². The Hall–Kier alpha value is -1.30. The van der Waals surface area contributed by atoms with Crippen molar-refractivity contribution in [3.63, 3.8) is 0 Å². The molecule has 1 heterocycles. The van der Waals surface area contributed by atoms with Gasteiger partial charge in [0, 0.05) is 23.2 Å². The van der Waals surface area contributed by atoms with Gasteiger partial charge in [0.1, 0.15) is 4.33 Å². The summed E-state index contributed by atoms with van der Waals surface area (Å²) in [5.74, 6) is 0.333. The Bertz CT molecular complexity index is 802. The molecule has 1 aromatic carbocycles. The molecule has 3 rings (SSSR count). The molecule has 1 fully saturated rings. The second kappa shape index (κ2) is 6.30. The Balaban J connectivity index is 1.63. The Labute approximate surface area is 147 Å². The van der Waals surface area contributed by atoms with Crippen molar-refractivity contribution in [3.05, 3.63) is 57.5 Å². The van der Waals surface area contributed by atoms with Gasteiger partial charge in [-0.1, -0.05) is 36.0 Å². The van der Waals surface area contributed by atoms with E-state index in [0.29, 0.717) is 16.4 Å². The van der Waals surface area contributed by atoms with Crippen molar-refractivity contribution < 1.29 is 4.79 Å². The maximum absolute atomic E-state index is 12.2. The number of benzene rings is 1. The minimum Gasteiger partial charge on any atom is -0.301 e. The van der Waals surface area contributed by atoms with E-state index in [1.807, 2.05) is 12.1 Å². The van der Waals surface area contributed by atoms with E-state index >= 15 is 0 Å². The standard InChI is InChI=1S/C16H14Cl2N2O2S/c1-9-6-14(22)20-15(19-9)23-8-13(21)11-4-2-10(3-5-11)12-7-16(12,17)18/h2-6,12H,7-8H2,1H3,(H,19,20,22)/t12-/m0/s1. The quantitative estimate of drug-likeness (QED) is 0.378. The van der Waals surface area contributed by atoms with Gasteiger partial charge < -0.3 is 4.98 Å². The third-order valence-electron chi connectivity index (χ3n) is 3.65. The predicted octanol–water partition coefficient (Wildman–Crippen LogP) is 3.71. The van der Waals surface area contributed by atoms with Crippen molar-refractivity contribution in [3.8, 4) is 0 Å². The molecule has 0 saturated heterocycles. The average molecular weight is 369 g/mol. The van der Waals surface area contributed by atoms with Gasteiger partial charge in [-0.2, -0.15) is 0 Å². The number of halogens is 2. The number of Topliss-reactive ketones (excluding diaryl/α,β-unsaturated/α-hetero) is 1. The van der Waals surface area contributed by atoms with Crippen LogP contribution in [-0.4, -0.2) is 25.8 Å². The fraction of sp³-hybridized carbons (Fsp3) is 0.312. The summed E-state index contributed by atoms with van der Waals surface area (Å²) in [6.45, 7) is 1.74. The van der Waals surface area contributed by atoms with Gasteiger partial charge in [0.15, 0.2) is 10.9 Å². The van der Waals surface area contributed by atoms with Crippen molar-refractivity contribution in [2.24, 2.45) is 0 Å². The van der Waals surface area contributed by atoms with Crippen LogP contribution in [-0.2, 0) is 0 Å². The van der Waals surface area contributed by atoms with Crippen LogP contribution in [0.4, 0.5) is 0 Å². The number of thioether (sulfide) groups is 1. The van der Waals surface area contributed by atoms with Crippen LogP contribution in [0, 0.1) is 6.92 Å². The Morgan fingerprint density at radius 3 is 2.61 bits per heavy atom. The molecule has 0 radical (unpaired) electrons. The second-order valence-electron chi connectivity index (χ2n) is 5.54. The summed E-state index contributed by atoms with van der Waals surface area (Å²) >= 11 is 13.3. The molecule has 1 aromatic heterocycles. The number of H-pyrrole nitrogens is 1. The first-order valence-electron chi connectivity index (χ1n) is 7.07. The highest BCUT2D eigenvalue weighted by Crippen LogP contribution is 2.59. The average Bonchev–Trinajstić information content (AvgIpc) is 3.13. The minimum absolute atomic E-state index is 0.0236. The van der Waals surface area contributed by atoms with E-state index in [1.165, 1.54) is 17.8 Å². The molecule has 0 spiro atoms. The number of nitrogens with zero attached hydrogens (tertiary/aromatic N) is 1. The lowest BCUT2D eigenvalue weighted by Gasteiger charge is -2.04. The highest BCUT2D eigenvalue weighted by molar-refractivity contribution is 7.99. The van der Waals surface area contributed by atoms with Gasteiger partial charge in [-0.3, -0.25) is 9.59 Å². The SMILES string of the molecule is Cc1cc(=O)[nH]c(SCC(=O)c2ccc([C@@H]3CC3(Cl)Cl)cc2)n1. The number of ketones is 1. The van der Waals surface area contributed by atoms with Crippen LogP contribution in [0.2, 0.25) is 0 Å². The lowest BCUT2D eigenvalue weighted by molar-refractivity contribution is 0.102. The molecule has 1 saturated carbocycles. The van der Waals surface area contributed by atoms with Crippen molar-refractivity contribution in [1.29, 1.82) is 0 Å². The van der Waals surface area contributed by atoms with Gasteiger partial charge in [-0.05, 0) is 18.9 Å². The lowest BCUT2D eigenvalue weighted by Crippen LogP contribution is -2.10. The summed E-state index contributed by atoms with van der Waals surface area (Å²) in [6.07, 6.45) is 0.742. The number of nitrogens with one attached hydrogen (secondary N) is 1. The molecule has 0 unspecified atom stereocenters. The summed E-state index contributed by atoms with van der Waals surface area (Å²) < 4.78 is -0.663. The molecular weight excluding hydrogens is 355 g/mol. The summed E-state index contributed by atoms with van der Waals surface area (Å²) in [7, 11) is 0. The van der Waals surface area contributed by atoms with E-state index in [9.17, 15) is 9.59 Å². The molecular formula is C16H14Cl2N2O2S. The van der Waals surface area contributed by atoms with Crippen molar-refractivity contribution >= 4 is 40.7 Å². The zero-order valence-electron chi connectivity index (χ0n) is 12.3. The van der Waals surface area contributed by atoms with E-state index in [-0.39, 0.29) is 23.0 Å². The normalized spacial score (nSPS) is 18.7. The molecule has 1 aliphatic rings. The van der Waals surface area contributed by atoms with Crippen LogP contribution in [0.1, 0.15) is 34.0 Å². The molecule has 1 atom stereocenters. The number of hydrogen-bond acceptors (Lipinski definition) is 4. The molecule has 120 valence electrons. The number of carbonyl (C=O) groups excluding carboxylic acids is 1.